The molecule has 0 spiro atoms. The first-order valence-corrected chi connectivity index (χ1v) is 10.7. The molecule has 162 valence electrons. The number of benzene rings is 2. The number of aromatic nitrogens is 2. The van der Waals surface area contributed by atoms with Gasteiger partial charge in [0.25, 0.3) is 0 Å². The van der Waals surface area contributed by atoms with Crippen LogP contribution < -0.4 is 5.32 Å². The van der Waals surface area contributed by atoms with Gasteiger partial charge in [0.05, 0.1) is 13.1 Å². The Morgan fingerprint density at radius 2 is 1.61 bits per heavy atom. The van der Waals surface area contributed by atoms with Gasteiger partial charge in [-0.05, 0) is 31.9 Å². The molecule has 1 fully saturated rings. The van der Waals surface area contributed by atoms with Crippen molar-refractivity contribution < 1.29 is 9.32 Å². The fraction of sp³-hybridized carbons (Fsp3) is 0.375. The van der Waals surface area contributed by atoms with Gasteiger partial charge in [-0.3, -0.25) is 14.6 Å². The quantitative estimate of drug-likeness (QED) is 0.660. The first-order valence-electron chi connectivity index (χ1n) is 10.7. The van der Waals surface area contributed by atoms with E-state index in [1.807, 2.05) is 56.3 Å². The van der Waals surface area contributed by atoms with Crippen molar-refractivity contribution in [3.8, 4) is 11.4 Å². The molecule has 7 heteroatoms. The summed E-state index contributed by atoms with van der Waals surface area (Å²) >= 11 is 0. The molecule has 1 amide bonds. The third kappa shape index (κ3) is 5.37. The first kappa shape index (κ1) is 21.2. The standard InChI is InChI=1S/C24H29N5O2/c1-17-7-9-20(10-8-17)24-26-22(31-27-24)16-29-13-11-28(12-14-29)15-21(30)25-23-18(2)5-4-6-19(23)3/h4-10H,11-16H2,1-3H3,(H,25,30). The Morgan fingerprint density at radius 3 is 2.29 bits per heavy atom. The molecule has 1 aromatic heterocycles. The minimum absolute atomic E-state index is 0.0329. The molecule has 0 saturated carbocycles. The Bertz CT molecular complexity index is 1020. The molecular formula is C24H29N5O2. The van der Waals surface area contributed by atoms with Crippen LogP contribution in [0.15, 0.2) is 47.0 Å². The first-order chi connectivity index (χ1) is 15.0. The van der Waals surface area contributed by atoms with E-state index in [4.69, 9.17) is 4.52 Å². The number of hydrogen-bond donors (Lipinski definition) is 1. The van der Waals surface area contributed by atoms with Gasteiger partial charge in [0, 0.05) is 37.4 Å². The van der Waals surface area contributed by atoms with E-state index in [2.05, 4.69) is 32.2 Å². The third-order valence-electron chi connectivity index (χ3n) is 5.71. The van der Waals surface area contributed by atoms with E-state index < -0.39 is 0 Å². The molecule has 2 heterocycles. The maximum Gasteiger partial charge on any atom is 0.241 e. The van der Waals surface area contributed by atoms with Gasteiger partial charge in [-0.25, -0.2) is 0 Å². The molecule has 2 aromatic carbocycles. The monoisotopic (exact) mass is 419 g/mol. The van der Waals surface area contributed by atoms with Gasteiger partial charge in [0.2, 0.25) is 17.6 Å². The van der Waals surface area contributed by atoms with Crippen LogP contribution in [0.5, 0.6) is 0 Å². The van der Waals surface area contributed by atoms with E-state index in [1.165, 1.54) is 5.56 Å². The van der Waals surface area contributed by atoms with E-state index >= 15 is 0 Å². The number of para-hydroxylation sites is 1. The molecule has 4 rings (SSSR count). The third-order valence-corrected chi connectivity index (χ3v) is 5.71. The maximum atomic E-state index is 12.5. The Hall–Kier alpha value is -3.03. The lowest BCUT2D eigenvalue weighted by Gasteiger charge is -2.33. The predicted molar refractivity (Wildman–Crippen MR) is 121 cm³/mol. The zero-order valence-electron chi connectivity index (χ0n) is 18.4. The number of piperazine rings is 1. The molecule has 0 aliphatic carbocycles. The summed E-state index contributed by atoms with van der Waals surface area (Å²) in [5.41, 5.74) is 5.26. The average molecular weight is 420 g/mol. The Balaban J connectivity index is 1.25. The van der Waals surface area contributed by atoms with Crippen molar-refractivity contribution in [2.75, 3.05) is 38.0 Å². The predicted octanol–water partition coefficient (Wildman–Crippen LogP) is 3.42. The highest BCUT2D eigenvalue weighted by Gasteiger charge is 2.21. The van der Waals surface area contributed by atoms with Gasteiger partial charge in [0.15, 0.2) is 0 Å². The lowest BCUT2D eigenvalue weighted by molar-refractivity contribution is -0.117. The Kier molecular flexibility index (Phi) is 6.44. The number of aryl methyl sites for hydroxylation is 3. The highest BCUT2D eigenvalue weighted by Crippen LogP contribution is 2.20. The van der Waals surface area contributed by atoms with Crippen molar-refractivity contribution in [2.45, 2.75) is 27.3 Å². The van der Waals surface area contributed by atoms with Crippen LogP contribution in [0, 0.1) is 20.8 Å². The van der Waals surface area contributed by atoms with Crippen LogP contribution in [0.4, 0.5) is 5.69 Å². The normalized spacial score (nSPS) is 15.2. The number of anilines is 1. The summed E-state index contributed by atoms with van der Waals surface area (Å²) < 4.78 is 5.45. The summed E-state index contributed by atoms with van der Waals surface area (Å²) in [7, 11) is 0. The number of amides is 1. The van der Waals surface area contributed by atoms with Crippen molar-refractivity contribution in [1.29, 1.82) is 0 Å². The molecule has 1 aliphatic rings. The molecule has 1 N–H and O–H groups in total. The van der Waals surface area contributed by atoms with Gasteiger partial charge in [0.1, 0.15) is 0 Å². The zero-order chi connectivity index (χ0) is 21.8. The highest BCUT2D eigenvalue weighted by molar-refractivity contribution is 5.93. The summed E-state index contributed by atoms with van der Waals surface area (Å²) in [5.74, 6) is 1.28. The van der Waals surface area contributed by atoms with E-state index in [0.29, 0.717) is 24.8 Å². The van der Waals surface area contributed by atoms with Crippen LogP contribution in [-0.2, 0) is 11.3 Å². The van der Waals surface area contributed by atoms with E-state index in [-0.39, 0.29) is 5.91 Å². The maximum absolute atomic E-state index is 12.5. The fourth-order valence-electron chi connectivity index (χ4n) is 3.83. The lowest BCUT2D eigenvalue weighted by atomic mass is 10.1. The van der Waals surface area contributed by atoms with Crippen molar-refractivity contribution in [2.24, 2.45) is 0 Å². The second kappa shape index (κ2) is 9.41. The lowest BCUT2D eigenvalue weighted by Crippen LogP contribution is -2.48. The van der Waals surface area contributed by atoms with E-state index in [1.54, 1.807) is 0 Å². The summed E-state index contributed by atoms with van der Waals surface area (Å²) in [6.07, 6.45) is 0. The molecule has 3 aromatic rings. The molecule has 7 nitrogen and oxygen atoms in total. The van der Waals surface area contributed by atoms with Crippen LogP contribution in [0.1, 0.15) is 22.6 Å². The topological polar surface area (TPSA) is 74.5 Å². The number of hydrogen-bond acceptors (Lipinski definition) is 6. The molecule has 0 radical (unpaired) electrons. The zero-order valence-corrected chi connectivity index (χ0v) is 18.4. The van der Waals surface area contributed by atoms with Gasteiger partial charge < -0.3 is 9.84 Å². The van der Waals surface area contributed by atoms with Crippen molar-refractivity contribution >= 4 is 11.6 Å². The number of nitrogens with zero attached hydrogens (tertiary/aromatic N) is 4. The average Bonchev–Trinajstić information content (AvgIpc) is 3.21. The van der Waals surface area contributed by atoms with Gasteiger partial charge in [-0.2, -0.15) is 4.98 Å². The number of rotatable bonds is 6. The summed E-state index contributed by atoms with van der Waals surface area (Å²) in [5, 5.41) is 7.18. The molecule has 1 saturated heterocycles. The smallest absolute Gasteiger partial charge is 0.241 e. The van der Waals surface area contributed by atoms with Gasteiger partial charge >= 0.3 is 0 Å². The van der Waals surface area contributed by atoms with Gasteiger partial charge in [-0.15, -0.1) is 0 Å². The van der Waals surface area contributed by atoms with Crippen molar-refractivity contribution in [3.63, 3.8) is 0 Å². The highest BCUT2D eigenvalue weighted by atomic mass is 16.5. The molecular weight excluding hydrogens is 390 g/mol. The minimum atomic E-state index is 0.0329. The van der Waals surface area contributed by atoms with Crippen LogP contribution in [0.3, 0.4) is 0 Å². The molecule has 0 atom stereocenters. The number of nitrogens with one attached hydrogen (secondary N) is 1. The molecule has 1 aliphatic heterocycles. The number of carbonyl (C=O) groups is 1. The summed E-state index contributed by atoms with van der Waals surface area (Å²) in [4.78, 5) is 21.5. The molecule has 31 heavy (non-hydrogen) atoms. The second-order valence-corrected chi connectivity index (χ2v) is 8.25. The van der Waals surface area contributed by atoms with Crippen molar-refractivity contribution in [3.05, 3.63) is 65.0 Å². The Labute approximate surface area is 183 Å². The van der Waals surface area contributed by atoms with Crippen LogP contribution in [-0.4, -0.2) is 58.6 Å². The van der Waals surface area contributed by atoms with Crippen molar-refractivity contribution in [1.82, 2.24) is 19.9 Å². The van der Waals surface area contributed by atoms with E-state index in [0.717, 1.165) is 48.6 Å². The Morgan fingerprint density at radius 1 is 0.968 bits per heavy atom. The number of carbonyl (C=O) groups excluding carboxylic acids is 1. The molecule has 0 unspecified atom stereocenters. The van der Waals surface area contributed by atoms with Crippen LogP contribution >= 0.6 is 0 Å². The van der Waals surface area contributed by atoms with Crippen LogP contribution in [0.25, 0.3) is 11.4 Å². The van der Waals surface area contributed by atoms with Gasteiger partial charge in [-0.1, -0.05) is 53.2 Å². The van der Waals surface area contributed by atoms with E-state index in [9.17, 15) is 4.79 Å². The largest absolute Gasteiger partial charge is 0.338 e. The summed E-state index contributed by atoms with van der Waals surface area (Å²) in [6, 6.07) is 14.1. The minimum Gasteiger partial charge on any atom is -0.338 e. The summed E-state index contributed by atoms with van der Waals surface area (Å²) in [6.45, 7) is 10.5. The SMILES string of the molecule is Cc1ccc(-c2noc(CN3CCN(CC(=O)Nc4c(C)cccc4C)CC3)n2)cc1. The molecule has 0 bridgehead atoms. The second-order valence-electron chi connectivity index (χ2n) is 8.25. The fourth-order valence-corrected chi connectivity index (χ4v) is 3.83. The van der Waals surface area contributed by atoms with Crippen LogP contribution in [0.2, 0.25) is 0 Å².